The van der Waals surface area contributed by atoms with Gasteiger partial charge >= 0.3 is 7.60 Å². The van der Waals surface area contributed by atoms with Crippen molar-refractivity contribution in [3.05, 3.63) is 63.6 Å². The molecular weight excluding hydrogens is 370 g/mol. The van der Waals surface area contributed by atoms with E-state index in [2.05, 4.69) is 0 Å². The summed E-state index contributed by atoms with van der Waals surface area (Å²) in [5.41, 5.74) is 0.227. The van der Waals surface area contributed by atoms with Gasteiger partial charge < -0.3 is 14.2 Å². The first-order valence-corrected chi connectivity index (χ1v) is 9.91. The minimum atomic E-state index is -3.60. The van der Waals surface area contributed by atoms with Gasteiger partial charge in [-0.2, -0.15) is 0 Å². The fourth-order valence-corrected chi connectivity index (χ4v) is 4.96. The molecule has 7 heteroatoms. The van der Waals surface area contributed by atoms with Crippen molar-refractivity contribution >= 4 is 30.8 Å². The van der Waals surface area contributed by atoms with E-state index in [1.54, 1.807) is 50.2 Å². The predicted octanol–water partition coefficient (Wildman–Crippen LogP) is 6.05. The Morgan fingerprint density at radius 3 is 2.21 bits per heavy atom. The number of aromatic hydroxyl groups is 1. The van der Waals surface area contributed by atoms with Crippen molar-refractivity contribution in [2.24, 2.45) is 0 Å². The van der Waals surface area contributed by atoms with Gasteiger partial charge in [0, 0.05) is 5.56 Å². The van der Waals surface area contributed by atoms with E-state index in [4.69, 9.17) is 32.2 Å². The van der Waals surface area contributed by atoms with Crippen LogP contribution in [-0.2, 0) is 13.6 Å². The van der Waals surface area contributed by atoms with Crippen LogP contribution in [0.1, 0.15) is 30.6 Å². The van der Waals surface area contributed by atoms with Crippen LogP contribution >= 0.6 is 30.8 Å². The first-order valence-electron chi connectivity index (χ1n) is 7.54. The number of hydrogen-bond acceptors (Lipinski definition) is 4. The van der Waals surface area contributed by atoms with Gasteiger partial charge in [-0.3, -0.25) is 4.57 Å². The average Bonchev–Trinajstić information content (AvgIpc) is 2.53. The van der Waals surface area contributed by atoms with Gasteiger partial charge in [-0.05, 0) is 37.6 Å². The van der Waals surface area contributed by atoms with Crippen LogP contribution in [0.15, 0.2) is 42.5 Å². The molecule has 0 saturated carbocycles. The second-order valence-electron chi connectivity index (χ2n) is 5.01. The molecule has 1 N–H and O–H groups in total. The van der Waals surface area contributed by atoms with Gasteiger partial charge in [-0.1, -0.05) is 47.5 Å². The van der Waals surface area contributed by atoms with Crippen LogP contribution < -0.4 is 0 Å². The molecule has 0 fully saturated rings. The van der Waals surface area contributed by atoms with Crippen LogP contribution in [0.2, 0.25) is 10.0 Å². The zero-order chi connectivity index (χ0) is 17.7. The summed E-state index contributed by atoms with van der Waals surface area (Å²) < 4.78 is 24.5. The predicted molar refractivity (Wildman–Crippen MR) is 97.3 cm³/mol. The fourth-order valence-electron chi connectivity index (χ4n) is 2.48. The zero-order valence-electron chi connectivity index (χ0n) is 13.4. The molecule has 0 aliphatic carbocycles. The van der Waals surface area contributed by atoms with E-state index in [1.807, 2.05) is 0 Å². The van der Waals surface area contributed by atoms with E-state index in [-0.39, 0.29) is 19.0 Å². The maximum absolute atomic E-state index is 13.4. The van der Waals surface area contributed by atoms with Gasteiger partial charge in [0.1, 0.15) is 11.4 Å². The van der Waals surface area contributed by atoms with Gasteiger partial charge in [-0.25, -0.2) is 0 Å². The first-order chi connectivity index (χ1) is 11.4. The highest BCUT2D eigenvalue weighted by atomic mass is 35.5. The number of para-hydroxylation sites is 1. The van der Waals surface area contributed by atoms with Crippen molar-refractivity contribution in [1.29, 1.82) is 0 Å². The molecule has 1 atom stereocenters. The summed E-state index contributed by atoms with van der Waals surface area (Å²) in [5, 5.41) is 11.0. The normalized spacial score (nSPS) is 13.0. The summed E-state index contributed by atoms with van der Waals surface area (Å²) in [4.78, 5) is 0. The zero-order valence-corrected chi connectivity index (χ0v) is 15.8. The fraction of sp³-hybridized carbons (Fsp3) is 0.294. The molecule has 0 aromatic heterocycles. The van der Waals surface area contributed by atoms with Gasteiger partial charge in [0.2, 0.25) is 0 Å². The Hall–Kier alpha value is -1.03. The summed E-state index contributed by atoms with van der Waals surface area (Å²) in [6, 6.07) is 11.6. The summed E-state index contributed by atoms with van der Waals surface area (Å²) in [6.07, 6.45) is 0. The van der Waals surface area contributed by atoms with E-state index in [1.165, 1.54) is 6.07 Å². The summed E-state index contributed by atoms with van der Waals surface area (Å²) in [7, 11) is -3.60. The summed E-state index contributed by atoms with van der Waals surface area (Å²) in [5.74, 6) is 0.00760. The van der Waals surface area contributed by atoms with Gasteiger partial charge in [0.15, 0.2) is 0 Å². The standard InChI is InChI=1S/C17H19Cl2O4P/c1-3-22-24(21,23-4-2)17(13-7-5-6-8-16(13)20)12-9-10-14(18)15(19)11-12/h5-11,17,20H,3-4H2,1-2H3. The maximum atomic E-state index is 13.4. The lowest BCUT2D eigenvalue weighted by atomic mass is 10.0. The Labute approximate surface area is 151 Å². The number of benzene rings is 2. The molecule has 0 spiro atoms. The Balaban J connectivity index is 2.67. The molecule has 0 aliphatic heterocycles. The Kier molecular flexibility index (Phi) is 6.73. The molecule has 0 saturated heterocycles. The van der Waals surface area contributed by atoms with Crippen LogP contribution in [0.25, 0.3) is 0 Å². The number of halogens is 2. The largest absolute Gasteiger partial charge is 0.508 e. The third-order valence-electron chi connectivity index (χ3n) is 3.43. The van der Waals surface area contributed by atoms with E-state index in [9.17, 15) is 9.67 Å². The third-order valence-corrected chi connectivity index (χ3v) is 6.61. The van der Waals surface area contributed by atoms with Crippen LogP contribution in [0.3, 0.4) is 0 Å². The van der Waals surface area contributed by atoms with Crippen LogP contribution in [0.4, 0.5) is 0 Å². The topological polar surface area (TPSA) is 55.8 Å². The average molecular weight is 389 g/mol. The Morgan fingerprint density at radius 2 is 1.67 bits per heavy atom. The lowest BCUT2D eigenvalue weighted by Crippen LogP contribution is -2.09. The van der Waals surface area contributed by atoms with Crippen LogP contribution in [0.5, 0.6) is 5.75 Å². The quantitative estimate of drug-likeness (QED) is 0.586. The van der Waals surface area contributed by atoms with E-state index >= 15 is 0 Å². The highest BCUT2D eigenvalue weighted by Gasteiger charge is 2.39. The van der Waals surface area contributed by atoms with Crippen LogP contribution in [0, 0.1) is 0 Å². The highest BCUT2D eigenvalue weighted by molar-refractivity contribution is 7.54. The van der Waals surface area contributed by atoms with Crippen molar-refractivity contribution in [3.63, 3.8) is 0 Å². The molecule has 1 unspecified atom stereocenters. The molecule has 2 aromatic rings. The Bertz CT molecular complexity index is 741. The van der Waals surface area contributed by atoms with Gasteiger partial charge in [-0.15, -0.1) is 0 Å². The smallest absolute Gasteiger partial charge is 0.342 e. The van der Waals surface area contributed by atoms with Crippen molar-refractivity contribution < 1.29 is 18.7 Å². The molecule has 2 rings (SSSR count). The SMILES string of the molecule is CCOP(=O)(OCC)C(c1ccc(Cl)c(Cl)c1)c1ccccc1O. The molecule has 0 bridgehead atoms. The second kappa shape index (κ2) is 8.37. The van der Waals surface area contributed by atoms with Gasteiger partial charge in [0.25, 0.3) is 0 Å². The minimum Gasteiger partial charge on any atom is -0.508 e. The van der Waals surface area contributed by atoms with Gasteiger partial charge in [0.05, 0.1) is 23.3 Å². The molecular formula is C17H19Cl2O4P. The highest BCUT2D eigenvalue weighted by Crippen LogP contribution is 2.64. The molecule has 0 heterocycles. The summed E-state index contributed by atoms with van der Waals surface area (Å²) in [6.45, 7) is 3.90. The first kappa shape index (κ1) is 19.3. The van der Waals surface area contributed by atoms with Crippen molar-refractivity contribution in [2.75, 3.05) is 13.2 Å². The van der Waals surface area contributed by atoms with Crippen molar-refractivity contribution in [3.8, 4) is 5.75 Å². The number of rotatable bonds is 7. The maximum Gasteiger partial charge on any atom is 0.342 e. The van der Waals surface area contributed by atoms with Crippen LogP contribution in [-0.4, -0.2) is 18.3 Å². The lowest BCUT2D eigenvalue weighted by molar-refractivity contribution is 0.214. The summed E-state index contributed by atoms with van der Waals surface area (Å²) >= 11 is 12.1. The van der Waals surface area contributed by atoms with Crippen molar-refractivity contribution in [2.45, 2.75) is 19.5 Å². The molecule has 0 aliphatic rings. The lowest BCUT2D eigenvalue weighted by Gasteiger charge is -2.27. The minimum absolute atomic E-state index is 0.00760. The van der Waals surface area contributed by atoms with E-state index < -0.39 is 13.3 Å². The van der Waals surface area contributed by atoms with E-state index in [0.29, 0.717) is 21.2 Å². The Morgan fingerprint density at radius 1 is 1.04 bits per heavy atom. The molecule has 4 nitrogen and oxygen atoms in total. The number of phenols is 1. The third kappa shape index (κ3) is 4.14. The molecule has 0 radical (unpaired) electrons. The number of phenolic OH excluding ortho intramolecular Hbond substituents is 1. The van der Waals surface area contributed by atoms with Crippen molar-refractivity contribution in [1.82, 2.24) is 0 Å². The molecule has 24 heavy (non-hydrogen) atoms. The monoisotopic (exact) mass is 388 g/mol. The number of hydrogen-bond donors (Lipinski definition) is 1. The molecule has 130 valence electrons. The van der Waals surface area contributed by atoms with E-state index in [0.717, 1.165) is 0 Å². The molecule has 0 amide bonds. The molecule has 2 aromatic carbocycles. The second-order valence-corrected chi connectivity index (χ2v) is 7.94.